The summed E-state index contributed by atoms with van der Waals surface area (Å²) in [4.78, 5) is 16.4. The lowest BCUT2D eigenvalue weighted by molar-refractivity contribution is 0.0168. The predicted octanol–water partition coefficient (Wildman–Crippen LogP) is 2.72. The summed E-state index contributed by atoms with van der Waals surface area (Å²) in [5.41, 5.74) is 1.46. The van der Waals surface area contributed by atoms with Gasteiger partial charge in [-0.15, -0.1) is 0 Å². The predicted molar refractivity (Wildman–Crippen MR) is 99.3 cm³/mol. The average Bonchev–Trinajstić information content (AvgIpc) is 3.27. The zero-order valence-electron chi connectivity index (χ0n) is 15.4. The second-order valence-electron chi connectivity index (χ2n) is 6.76. The van der Waals surface area contributed by atoms with Gasteiger partial charge in [0.15, 0.2) is 5.65 Å². The third-order valence-corrected chi connectivity index (χ3v) is 4.26. The van der Waals surface area contributed by atoms with Crippen molar-refractivity contribution in [1.29, 1.82) is 0 Å². The van der Waals surface area contributed by atoms with Gasteiger partial charge in [0.2, 0.25) is 0 Å². The van der Waals surface area contributed by atoms with Gasteiger partial charge >= 0.3 is 6.03 Å². The lowest BCUT2D eigenvalue weighted by Gasteiger charge is -2.11. The number of pyridine rings is 1. The molecule has 2 N–H and O–H groups in total. The summed E-state index contributed by atoms with van der Waals surface area (Å²) in [5, 5.41) is 10.8. The van der Waals surface area contributed by atoms with Crippen molar-refractivity contribution in [2.45, 2.75) is 45.3 Å². The normalized spacial score (nSPS) is 17.1. The number of hydrogen-bond donors (Lipinski definition) is 2. The first-order valence-electron chi connectivity index (χ1n) is 9.21. The maximum absolute atomic E-state index is 12.0. The molecule has 1 aliphatic heterocycles. The topological polar surface area (TPSA) is 90.3 Å². The van der Waals surface area contributed by atoms with Crippen molar-refractivity contribution in [3.8, 4) is 0 Å². The number of nitrogens with zero attached hydrogens (tertiary/aromatic N) is 3. The van der Waals surface area contributed by atoms with E-state index in [4.69, 9.17) is 9.47 Å². The van der Waals surface area contributed by atoms with Gasteiger partial charge in [0, 0.05) is 31.2 Å². The highest BCUT2D eigenvalue weighted by atomic mass is 16.5. The first-order chi connectivity index (χ1) is 12.6. The SMILES string of the molecule is CC(C)n1ncc2cc(NC(=O)NCCCOCC3CCCO3)cnc21. The summed E-state index contributed by atoms with van der Waals surface area (Å²) in [7, 11) is 0. The molecule has 8 nitrogen and oxygen atoms in total. The number of hydrogen-bond acceptors (Lipinski definition) is 5. The second-order valence-corrected chi connectivity index (χ2v) is 6.76. The summed E-state index contributed by atoms with van der Waals surface area (Å²) in [6, 6.07) is 1.87. The number of aromatic nitrogens is 3. The number of anilines is 1. The molecule has 1 unspecified atom stereocenters. The van der Waals surface area contributed by atoms with Crippen molar-refractivity contribution in [2.24, 2.45) is 0 Å². The van der Waals surface area contributed by atoms with Crippen molar-refractivity contribution < 1.29 is 14.3 Å². The van der Waals surface area contributed by atoms with Gasteiger partial charge in [-0.1, -0.05) is 0 Å². The molecular weight excluding hydrogens is 334 g/mol. The second kappa shape index (κ2) is 8.95. The van der Waals surface area contributed by atoms with Gasteiger partial charge in [-0.3, -0.25) is 0 Å². The molecule has 1 aliphatic rings. The third-order valence-electron chi connectivity index (χ3n) is 4.26. The number of ether oxygens (including phenoxy) is 2. The van der Waals surface area contributed by atoms with Crippen LogP contribution in [-0.4, -0.2) is 53.3 Å². The van der Waals surface area contributed by atoms with Gasteiger partial charge in [0.1, 0.15) is 0 Å². The minimum absolute atomic E-state index is 0.240. The Labute approximate surface area is 153 Å². The molecule has 0 saturated carbocycles. The van der Waals surface area contributed by atoms with Crippen LogP contribution in [0.3, 0.4) is 0 Å². The number of nitrogens with one attached hydrogen (secondary N) is 2. The molecule has 0 spiro atoms. The summed E-state index contributed by atoms with van der Waals surface area (Å²) in [6.07, 6.45) is 6.61. The van der Waals surface area contributed by atoms with E-state index in [0.717, 1.165) is 36.9 Å². The van der Waals surface area contributed by atoms with E-state index in [0.29, 0.717) is 25.4 Å². The highest BCUT2D eigenvalue weighted by Gasteiger charge is 2.15. The van der Waals surface area contributed by atoms with E-state index in [2.05, 4.69) is 34.6 Å². The van der Waals surface area contributed by atoms with Crippen molar-refractivity contribution in [3.63, 3.8) is 0 Å². The first-order valence-corrected chi connectivity index (χ1v) is 9.21. The highest BCUT2D eigenvalue weighted by molar-refractivity contribution is 5.91. The number of rotatable bonds is 8. The molecule has 0 aliphatic carbocycles. The summed E-state index contributed by atoms with van der Waals surface area (Å²) in [5.74, 6) is 0. The molecule has 2 amide bonds. The van der Waals surface area contributed by atoms with Gasteiger partial charge in [0.05, 0.1) is 30.8 Å². The third kappa shape index (κ3) is 4.92. The fourth-order valence-electron chi connectivity index (χ4n) is 2.93. The van der Waals surface area contributed by atoms with Crippen LogP contribution in [0.4, 0.5) is 10.5 Å². The maximum Gasteiger partial charge on any atom is 0.319 e. The van der Waals surface area contributed by atoms with Crippen LogP contribution in [0, 0.1) is 0 Å². The summed E-state index contributed by atoms with van der Waals surface area (Å²) in [6.45, 7) is 6.76. The smallest absolute Gasteiger partial charge is 0.319 e. The van der Waals surface area contributed by atoms with E-state index in [1.54, 1.807) is 12.4 Å². The standard InChI is InChI=1S/C18H27N5O3/c1-13(2)23-17-14(10-21-23)9-15(11-20-17)22-18(24)19-6-4-7-25-12-16-5-3-8-26-16/h9-11,13,16H,3-8,12H2,1-2H3,(H2,19,22,24). The Balaban J connectivity index is 1.37. The van der Waals surface area contributed by atoms with E-state index in [9.17, 15) is 4.79 Å². The molecule has 3 rings (SSSR count). The monoisotopic (exact) mass is 361 g/mol. The van der Waals surface area contributed by atoms with Crippen LogP contribution in [0.25, 0.3) is 11.0 Å². The quantitative estimate of drug-likeness (QED) is 0.706. The summed E-state index contributed by atoms with van der Waals surface area (Å²) >= 11 is 0. The van der Waals surface area contributed by atoms with Crippen LogP contribution in [0.15, 0.2) is 18.5 Å². The van der Waals surface area contributed by atoms with Gasteiger partial charge in [-0.2, -0.15) is 5.10 Å². The summed E-state index contributed by atoms with van der Waals surface area (Å²) < 4.78 is 12.9. The Morgan fingerprint density at radius 1 is 1.46 bits per heavy atom. The Bertz CT molecular complexity index is 725. The highest BCUT2D eigenvalue weighted by Crippen LogP contribution is 2.18. The molecule has 2 aromatic rings. The average molecular weight is 361 g/mol. The van der Waals surface area contributed by atoms with Gasteiger partial charge in [-0.25, -0.2) is 14.5 Å². The van der Waals surface area contributed by atoms with Crippen LogP contribution in [-0.2, 0) is 9.47 Å². The van der Waals surface area contributed by atoms with Crippen LogP contribution in [0.5, 0.6) is 0 Å². The fourth-order valence-corrected chi connectivity index (χ4v) is 2.93. The molecular formula is C18H27N5O3. The van der Waals surface area contributed by atoms with E-state index in [1.807, 2.05) is 10.7 Å². The van der Waals surface area contributed by atoms with E-state index >= 15 is 0 Å². The van der Waals surface area contributed by atoms with Crippen molar-refractivity contribution >= 4 is 22.8 Å². The van der Waals surface area contributed by atoms with Crippen LogP contribution < -0.4 is 10.6 Å². The van der Waals surface area contributed by atoms with Crippen molar-refractivity contribution in [2.75, 3.05) is 31.7 Å². The molecule has 2 aromatic heterocycles. The fraction of sp³-hybridized carbons (Fsp3) is 0.611. The number of urea groups is 1. The molecule has 26 heavy (non-hydrogen) atoms. The van der Waals surface area contributed by atoms with Gasteiger partial charge in [-0.05, 0) is 39.2 Å². The molecule has 142 valence electrons. The van der Waals surface area contributed by atoms with Crippen LogP contribution >= 0.6 is 0 Å². The van der Waals surface area contributed by atoms with Crippen LogP contribution in [0.2, 0.25) is 0 Å². The molecule has 0 radical (unpaired) electrons. The number of fused-ring (bicyclic) bond motifs is 1. The molecule has 1 saturated heterocycles. The van der Waals surface area contributed by atoms with Gasteiger partial charge in [0.25, 0.3) is 0 Å². The molecule has 1 atom stereocenters. The van der Waals surface area contributed by atoms with Crippen molar-refractivity contribution in [1.82, 2.24) is 20.1 Å². The van der Waals surface area contributed by atoms with E-state index < -0.39 is 0 Å². The minimum Gasteiger partial charge on any atom is -0.379 e. The van der Waals surface area contributed by atoms with Crippen molar-refractivity contribution in [3.05, 3.63) is 18.5 Å². The number of amides is 2. The number of carbonyl (C=O) groups is 1. The van der Waals surface area contributed by atoms with Gasteiger partial charge < -0.3 is 20.1 Å². The lowest BCUT2D eigenvalue weighted by atomic mass is 10.2. The Morgan fingerprint density at radius 3 is 3.12 bits per heavy atom. The lowest BCUT2D eigenvalue weighted by Crippen LogP contribution is -2.30. The first kappa shape index (κ1) is 18.6. The molecule has 0 aromatic carbocycles. The number of carbonyl (C=O) groups excluding carboxylic acids is 1. The largest absolute Gasteiger partial charge is 0.379 e. The molecule has 0 bridgehead atoms. The Kier molecular flexibility index (Phi) is 6.40. The Morgan fingerprint density at radius 2 is 2.35 bits per heavy atom. The molecule has 1 fully saturated rings. The maximum atomic E-state index is 12.0. The molecule has 3 heterocycles. The van der Waals surface area contributed by atoms with E-state index in [-0.39, 0.29) is 18.2 Å². The molecule has 8 heteroatoms. The van der Waals surface area contributed by atoms with E-state index in [1.165, 1.54) is 0 Å². The van der Waals surface area contributed by atoms with Crippen LogP contribution in [0.1, 0.15) is 39.2 Å². The zero-order chi connectivity index (χ0) is 18.4. The zero-order valence-corrected chi connectivity index (χ0v) is 15.4. The Hall–Kier alpha value is -2.19. The minimum atomic E-state index is -0.249.